The molecule has 0 bridgehead atoms. The summed E-state index contributed by atoms with van der Waals surface area (Å²) in [7, 11) is 0. The number of nitrogens with one attached hydrogen (secondary N) is 1. The van der Waals surface area contributed by atoms with Crippen LogP contribution in [0.4, 0.5) is 10.1 Å². The van der Waals surface area contributed by atoms with Crippen LogP contribution < -0.4 is 21.7 Å². The molecule has 1 fully saturated rings. The normalized spacial score (nSPS) is 16.8. The molecule has 2 atom stereocenters. The topological polar surface area (TPSA) is 132 Å². The highest BCUT2D eigenvalue weighted by molar-refractivity contribution is 6.30. The van der Waals surface area contributed by atoms with Gasteiger partial charge in [-0.2, -0.15) is 0 Å². The van der Waals surface area contributed by atoms with Crippen LogP contribution >= 0.6 is 11.6 Å². The molecule has 0 spiro atoms. The van der Waals surface area contributed by atoms with E-state index >= 15 is 0 Å². The number of aliphatic carboxylic acids is 1. The fraction of sp³-hybridized carbons (Fsp3) is 0.192. The number of carboxylic acids is 1. The molecule has 194 valence electrons. The van der Waals surface area contributed by atoms with Gasteiger partial charge in [-0.1, -0.05) is 23.7 Å². The van der Waals surface area contributed by atoms with Gasteiger partial charge in [0.1, 0.15) is 11.6 Å². The third kappa shape index (κ3) is 5.73. The summed E-state index contributed by atoms with van der Waals surface area (Å²) in [6.07, 6.45) is 1.45. The summed E-state index contributed by atoms with van der Waals surface area (Å²) in [6, 6.07) is 16.0. The van der Waals surface area contributed by atoms with Crippen LogP contribution in [-0.4, -0.2) is 30.2 Å². The fourth-order valence-electron chi connectivity index (χ4n) is 3.96. The number of nitrogens with zero attached hydrogens (tertiary/aromatic N) is 4. The minimum absolute atomic E-state index is 0.00448. The van der Waals surface area contributed by atoms with Gasteiger partial charge in [0, 0.05) is 17.6 Å². The van der Waals surface area contributed by atoms with Crippen molar-refractivity contribution in [1.82, 2.24) is 19.1 Å². The zero-order chi connectivity index (χ0) is 26.8. The highest BCUT2D eigenvalue weighted by atomic mass is 35.5. The minimum Gasteiger partial charge on any atom is -0.481 e. The van der Waals surface area contributed by atoms with Crippen LogP contribution in [0.3, 0.4) is 0 Å². The Hall–Kier alpha value is -4.51. The van der Waals surface area contributed by atoms with E-state index in [1.54, 1.807) is 48.5 Å². The molecule has 1 aliphatic rings. The maximum atomic E-state index is 13.4. The summed E-state index contributed by atoms with van der Waals surface area (Å²) < 4.78 is 21.0. The van der Waals surface area contributed by atoms with E-state index in [2.05, 4.69) is 15.0 Å². The number of aromatic nitrogens is 4. The Morgan fingerprint density at radius 2 is 1.84 bits per heavy atom. The number of rotatable bonds is 8. The molecule has 2 N–H and O–H groups in total. The van der Waals surface area contributed by atoms with Gasteiger partial charge in [0.25, 0.3) is 0 Å². The van der Waals surface area contributed by atoms with Crippen LogP contribution in [0.1, 0.15) is 12.0 Å². The van der Waals surface area contributed by atoms with Gasteiger partial charge in [-0.25, -0.2) is 28.5 Å². The molecule has 38 heavy (non-hydrogen) atoms. The third-order valence-corrected chi connectivity index (χ3v) is 6.34. The lowest BCUT2D eigenvalue weighted by atomic mass is 10.2. The van der Waals surface area contributed by atoms with E-state index in [-0.39, 0.29) is 30.5 Å². The van der Waals surface area contributed by atoms with E-state index in [9.17, 15) is 23.9 Å². The van der Waals surface area contributed by atoms with Gasteiger partial charge in [0.05, 0.1) is 24.3 Å². The lowest BCUT2D eigenvalue weighted by molar-refractivity contribution is -0.138. The Morgan fingerprint density at radius 1 is 1.11 bits per heavy atom. The highest BCUT2D eigenvalue weighted by Crippen LogP contribution is 2.39. The van der Waals surface area contributed by atoms with E-state index in [1.165, 1.54) is 16.7 Å². The quantitative estimate of drug-likeness (QED) is 0.354. The maximum absolute atomic E-state index is 13.4. The first-order valence-corrected chi connectivity index (χ1v) is 12.0. The number of hydrogen-bond acceptors (Lipinski definition) is 6. The van der Waals surface area contributed by atoms with Gasteiger partial charge >= 0.3 is 17.3 Å². The fourth-order valence-corrected chi connectivity index (χ4v) is 4.08. The predicted octanol–water partition coefficient (Wildman–Crippen LogP) is 3.32. The summed E-state index contributed by atoms with van der Waals surface area (Å²) in [5.74, 6) is -1.64. The Bertz CT molecular complexity index is 1660. The number of ether oxygens (including phenoxy) is 1. The Kier molecular flexibility index (Phi) is 6.93. The second-order valence-electron chi connectivity index (χ2n) is 8.82. The molecule has 2 aromatic carbocycles. The lowest BCUT2D eigenvalue weighted by Crippen LogP contribution is -2.50. The highest BCUT2D eigenvalue weighted by Gasteiger charge is 2.43. The van der Waals surface area contributed by atoms with Crippen molar-refractivity contribution in [3.05, 3.63) is 110 Å². The molecule has 1 unspecified atom stereocenters. The Morgan fingerprint density at radius 3 is 2.47 bits per heavy atom. The van der Waals surface area contributed by atoms with Crippen molar-refractivity contribution in [1.29, 1.82) is 0 Å². The van der Waals surface area contributed by atoms with Crippen molar-refractivity contribution in [3.8, 4) is 11.6 Å². The standard InChI is InChI=1S/C26H21ClFN5O5/c27-17-3-1-15(2-4-17)13-32-24(31-25(36)33(26(32)37)14-16-11-21(16)23(34)35)30-19-6-8-20(9-7-19)38-22-10-5-18(28)12-29-22/h1-10,12,16,21H,11,13-14H2,(H,34,35)(H,30,31,36)/t16?,21-/m1/s1. The molecule has 0 radical (unpaired) electrons. The van der Waals surface area contributed by atoms with Crippen molar-refractivity contribution < 1.29 is 19.0 Å². The molecular formula is C26H21ClFN5O5. The molecule has 12 heteroatoms. The zero-order valence-corrected chi connectivity index (χ0v) is 20.5. The first-order valence-electron chi connectivity index (χ1n) is 11.6. The Balaban J connectivity index is 1.49. The van der Waals surface area contributed by atoms with Crippen LogP contribution in [-0.2, 0) is 17.9 Å². The number of carboxylic acid groups (broad SMARTS) is 1. The molecule has 0 aliphatic heterocycles. The van der Waals surface area contributed by atoms with Crippen molar-refractivity contribution in [2.45, 2.75) is 19.5 Å². The van der Waals surface area contributed by atoms with E-state index in [1.807, 2.05) is 0 Å². The average molecular weight is 538 g/mol. The van der Waals surface area contributed by atoms with Gasteiger partial charge in [-0.15, -0.1) is 0 Å². The van der Waals surface area contributed by atoms with Crippen LogP contribution in [0.5, 0.6) is 11.6 Å². The molecule has 2 heterocycles. The first kappa shape index (κ1) is 25.2. The van der Waals surface area contributed by atoms with Crippen molar-refractivity contribution in [3.63, 3.8) is 0 Å². The summed E-state index contributed by atoms with van der Waals surface area (Å²) in [4.78, 5) is 48.5. The molecule has 2 aromatic heterocycles. The zero-order valence-electron chi connectivity index (χ0n) is 19.8. The number of H-pyrrole nitrogens is 1. The van der Waals surface area contributed by atoms with E-state index < -0.39 is 29.1 Å². The van der Waals surface area contributed by atoms with E-state index in [0.29, 0.717) is 22.9 Å². The van der Waals surface area contributed by atoms with E-state index in [0.717, 1.165) is 16.3 Å². The molecular weight excluding hydrogens is 517 g/mol. The summed E-state index contributed by atoms with van der Waals surface area (Å²) in [5.41, 5.74) is -0.0990. The number of pyridine rings is 1. The predicted molar refractivity (Wildman–Crippen MR) is 135 cm³/mol. The van der Waals surface area contributed by atoms with Gasteiger partial charge < -0.3 is 9.84 Å². The summed E-state index contributed by atoms with van der Waals surface area (Å²) in [5, 5.41) is 9.74. The van der Waals surface area contributed by atoms with Crippen molar-refractivity contribution >= 4 is 23.3 Å². The number of carbonyl (C=O) groups is 1. The summed E-state index contributed by atoms with van der Waals surface area (Å²) in [6.45, 7) is 0.0888. The third-order valence-electron chi connectivity index (χ3n) is 6.09. The largest absolute Gasteiger partial charge is 0.481 e. The SMILES string of the molecule is O=C(O)[C@@H]1CC1Cn1c(=O)[nH]c(=Nc2ccc(Oc3ccc(F)cn3)cc2)n(Cc2ccc(Cl)cc2)c1=O. The van der Waals surface area contributed by atoms with Gasteiger partial charge in [0.15, 0.2) is 0 Å². The molecule has 5 rings (SSSR count). The molecule has 4 aromatic rings. The number of hydrogen-bond donors (Lipinski definition) is 2. The number of halogens is 2. The number of aromatic amines is 1. The molecule has 0 amide bonds. The van der Waals surface area contributed by atoms with Crippen LogP contribution in [0.25, 0.3) is 0 Å². The van der Waals surface area contributed by atoms with E-state index in [4.69, 9.17) is 16.3 Å². The minimum atomic E-state index is -0.942. The van der Waals surface area contributed by atoms with Gasteiger partial charge in [-0.05, 0) is 60.4 Å². The van der Waals surface area contributed by atoms with Crippen LogP contribution in [0.15, 0.2) is 81.4 Å². The second kappa shape index (κ2) is 10.5. The molecule has 1 saturated carbocycles. The lowest BCUT2D eigenvalue weighted by Gasteiger charge is -2.11. The van der Waals surface area contributed by atoms with Crippen molar-refractivity contribution in [2.24, 2.45) is 16.8 Å². The smallest absolute Gasteiger partial charge is 0.335 e. The van der Waals surface area contributed by atoms with Crippen LogP contribution in [0, 0.1) is 17.7 Å². The molecule has 10 nitrogen and oxygen atoms in total. The van der Waals surface area contributed by atoms with Gasteiger partial charge in [-0.3, -0.25) is 14.3 Å². The monoisotopic (exact) mass is 537 g/mol. The van der Waals surface area contributed by atoms with Gasteiger partial charge in [0.2, 0.25) is 11.5 Å². The average Bonchev–Trinajstić information content (AvgIpc) is 3.68. The number of benzene rings is 2. The van der Waals surface area contributed by atoms with Crippen molar-refractivity contribution in [2.75, 3.05) is 0 Å². The molecule has 0 saturated heterocycles. The Labute approximate surface area is 219 Å². The maximum Gasteiger partial charge on any atom is 0.335 e. The summed E-state index contributed by atoms with van der Waals surface area (Å²) >= 11 is 5.99. The first-order chi connectivity index (χ1) is 18.3. The second-order valence-corrected chi connectivity index (χ2v) is 9.26. The molecule has 1 aliphatic carbocycles. The van der Waals surface area contributed by atoms with Crippen LogP contribution in [0.2, 0.25) is 5.02 Å².